The first-order chi connectivity index (χ1) is 8.47. The summed E-state index contributed by atoms with van der Waals surface area (Å²) in [6.45, 7) is 6.29. The lowest BCUT2D eigenvalue weighted by atomic mass is 10.1. The number of thiazole rings is 1. The molecule has 18 heavy (non-hydrogen) atoms. The second-order valence-electron chi connectivity index (χ2n) is 4.49. The van der Waals surface area contributed by atoms with Gasteiger partial charge in [0.1, 0.15) is 5.15 Å². The second-order valence-corrected chi connectivity index (χ2v) is 6.79. The van der Waals surface area contributed by atoms with E-state index in [0.29, 0.717) is 16.9 Å². The first kappa shape index (κ1) is 14.1. The summed E-state index contributed by atoms with van der Waals surface area (Å²) in [5.41, 5.74) is 1.99. The maximum absolute atomic E-state index is 6.18. The minimum Gasteiger partial charge on any atom is -0.238 e. The maximum atomic E-state index is 6.18. The van der Waals surface area contributed by atoms with Crippen molar-refractivity contribution in [2.24, 2.45) is 5.92 Å². The highest BCUT2D eigenvalue weighted by Crippen LogP contribution is 2.27. The molecule has 0 aliphatic rings. The van der Waals surface area contributed by atoms with Gasteiger partial charge in [-0.25, -0.2) is 15.0 Å². The third-order valence-corrected chi connectivity index (χ3v) is 4.97. The van der Waals surface area contributed by atoms with E-state index in [4.69, 9.17) is 11.6 Å². The number of halogens is 2. The van der Waals surface area contributed by atoms with Gasteiger partial charge in [-0.2, -0.15) is 0 Å². The van der Waals surface area contributed by atoms with Crippen LogP contribution in [-0.4, -0.2) is 15.0 Å². The Labute approximate surface area is 129 Å². The van der Waals surface area contributed by atoms with E-state index in [1.54, 1.807) is 11.3 Å². The number of hydrogen-bond acceptors (Lipinski definition) is 4. The predicted molar refractivity (Wildman–Crippen MR) is 84.1 cm³/mol. The van der Waals surface area contributed by atoms with Crippen LogP contribution in [0.25, 0.3) is 10.8 Å². The molecule has 0 fully saturated rings. The average Bonchev–Trinajstić information content (AvgIpc) is 2.70. The van der Waals surface area contributed by atoms with Gasteiger partial charge in [-0.3, -0.25) is 0 Å². The Kier molecular flexibility index (Phi) is 4.55. The van der Waals surface area contributed by atoms with Crippen LogP contribution in [0.1, 0.15) is 25.2 Å². The molecule has 0 aliphatic carbocycles. The zero-order valence-electron chi connectivity index (χ0n) is 10.4. The monoisotopic (exact) mass is 393 g/mol. The van der Waals surface area contributed by atoms with Crippen LogP contribution in [0.3, 0.4) is 0 Å². The summed E-state index contributed by atoms with van der Waals surface area (Å²) < 4.78 is 0.944. The molecule has 0 N–H and O–H groups in total. The summed E-state index contributed by atoms with van der Waals surface area (Å²) in [5, 5.41) is 3.34. The molecule has 0 spiro atoms. The summed E-state index contributed by atoms with van der Waals surface area (Å²) in [5.74, 6) is 1.17. The van der Waals surface area contributed by atoms with Crippen molar-refractivity contribution in [3.05, 3.63) is 25.5 Å². The summed E-state index contributed by atoms with van der Waals surface area (Å²) >= 11 is 9.93. The standard InChI is InChI=1S/C12H13ClIN3S/c1-6(2)4-8-9(14)10(13)17-11(16-8)12-15-7(3)5-18-12/h5-6H,4H2,1-3H3. The van der Waals surface area contributed by atoms with E-state index in [1.165, 1.54) is 0 Å². The van der Waals surface area contributed by atoms with Gasteiger partial charge < -0.3 is 0 Å². The minimum atomic E-state index is 0.518. The smallest absolute Gasteiger partial charge is 0.190 e. The van der Waals surface area contributed by atoms with Crippen LogP contribution < -0.4 is 0 Å². The third kappa shape index (κ3) is 3.19. The number of rotatable bonds is 3. The summed E-state index contributed by atoms with van der Waals surface area (Å²) in [6, 6.07) is 0. The first-order valence-corrected chi connectivity index (χ1v) is 7.95. The van der Waals surface area contributed by atoms with Crippen LogP contribution in [0, 0.1) is 16.4 Å². The second kappa shape index (κ2) is 5.79. The Morgan fingerprint density at radius 1 is 1.33 bits per heavy atom. The molecule has 0 saturated carbocycles. The fraction of sp³-hybridized carbons (Fsp3) is 0.417. The van der Waals surface area contributed by atoms with E-state index in [2.05, 4.69) is 51.4 Å². The molecule has 0 unspecified atom stereocenters. The molecule has 6 heteroatoms. The van der Waals surface area contributed by atoms with Crippen molar-refractivity contribution in [1.82, 2.24) is 15.0 Å². The van der Waals surface area contributed by atoms with Crippen molar-refractivity contribution in [2.75, 3.05) is 0 Å². The molecule has 0 bridgehead atoms. The molecule has 0 aromatic carbocycles. The molecule has 0 radical (unpaired) electrons. The molecule has 2 aromatic rings. The highest BCUT2D eigenvalue weighted by Gasteiger charge is 2.14. The molecule has 3 nitrogen and oxygen atoms in total. The van der Waals surface area contributed by atoms with Crippen LogP contribution >= 0.6 is 45.5 Å². The molecule has 96 valence electrons. The molecule has 0 aliphatic heterocycles. The highest BCUT2D eigenvalue weighted by molar-refractivity contribution is 14.1. The molecule has 0 saturated heterocycles. The molecule has 2 aromatic heterocycles. The van der Waals surface area contributed by atoms with Gasteiger partial charge in [0, 0.05) is 11.1 Å². The Bertz CT molecular complexity index is 568. The Morgan fingerprint density at radius 2 is 2.06 bits per heavy atom. The zero-order chi connectivity index (χ0) is 13.3. The van der Waals surface area contributed by atoms with E-state index < -0.39 is 0 Å². The van der Waals surface area contributed by atoms with Gasteiger partial charge in [-0.05, 0) is 41.9 Å². The van der Waals surface area contributed by atoms with Gasteiger partial charge in [0.05, 0.1) is 9.26 Å². The number of aromatic nitrogens is 3. The van der Waals surface area contributed by atoms with Crippen molar-refractivity contribution in [2.45, 2.75) is 27.2 Å². The molecule has 0 amide bonds. The average molecular weight is 394 g/mol. The van der Waals surface area contributed by atoms with Gasteiger partial charge >= 0.3 is 0 Å². The number of aryl methyl sites for hydroxylation is 1. The van der Waals surface area contributed by atoms with Crippen molar-refractivity contribution < 1.29 is 0 Å². The minimum absolute atomic E-state index is 0.518. The van der Waals surface area contributed by atoms with E-state index in [0.717, 1.165) is 26.4 Å². The quantitative estimate of drug-likeness (QED) is 0.574. The van der Waals surface area contributed by atoms with Gasteiger partial charge in [0.15, 0.2) is 10.8 Å². The fourth-order valence-electron chi connectivity index (χ4n) is 1.54. The van der Waals surface area contributed by atoms with E-state index in [-0.39, 0.29) is 0 Å². The van der Waals surface area contributed by atoms with Crippen LogP contribution in [-0.2, 0) is 6.42 Å². The summed E-state index contributed by atoms with van der Waals surface area (Å²) in [6.07, 6.45) is 0.901. The lowest BCUT2D eigenvalue weighted by molar-refractivity contribution is 0.632. The van der Waals surface area contributed by atoms with Crippen LogP contribution in [0.15, 0.2) is 5.38 Å². The topological polar surface area (TPSA) is 38.7 Å². The third-order valence-electron chi connectivity index (χ3n) is 2.29. The largest absolute Gasteiger partial charge is 0.238 e. The lowest BCUT2D eigenvalue weighted by Gasteiger charge is -2.09. The SMILES string of the molecule is Cc1csc(-c2nc(Cl)c(I)c(CC(C)C)n2)n1. The van der Waals surface area contributed by atoms with Crippen molar-refractivity contribution in [3.63, 3.8) is 0 Å². The van der Waals surface area contributed by atoms with Gasteiger partial charge in [0.2, 0.25) is 0 Å². The normalized spacial score (nSPS) is 11.2. The number of hydrogen-bond donors (Lipinski definition) is 0. The van der Waals surface area contributed by atoms with E-state index in [9.17, 15) is 0 Å². The molecule has 2 rings (SSSR count). The van der Waals surface area contributed by atoms with Crippen molar-refractivity contribution >= 4 is 45.5 Å². The maximum Gasteiger partial charge on any atom is 0.190 e. The number of nitrogens with zero attached hydrogens (tertiary/aromatic N) is 3. The van der Waals surface area contributed by atoms with Crippen LogP contribution in [0.2, 0.25) is 5.15 Å². The Morgan fingerprint density at radius 3 is 2.61 bits per heavy atom. The summed E-state index contributed by atoms with van der Waals surface area (Å²) in [4.78, 5) is 13.3. The van der Waals surface area contributed by atoms with E-state index in [1.807, 2.05) is 12.3 Å². The molecule has 0 atom stereocenters. The Hall–Kier alpha value is -0.270. The highest BCUT2D eigenvalue weighted by atomic mass is 127. The van der Waals surface area contributed by atoms with Gasteiger partial charge in [0.25, 0.3) is 0 Å². The zero-order valence-corrected chi connectivity index (χ0v) is 14.1. The Balaban J connectivity index is 2.46. The van der Waals surface area contributed by atoms with Crippen molar-refractivity contribution in [1.29, 1.82) is 0 Å². The van der Waals surface area contributed by atoms with Gasteiger partial charge in [-0.1, -0.05) is 25.4 Å². The van der Waals surface area contributed by atoms with Crippen LogP contribution in [0.4, 0.5) is 0 Å². The lowest BCUT2D eigenvalue weighted by Crippen LogP contribution is -2.04. The van der Waals surface area contributed by atoms with Crippen LogP contribution in [0.5, 0.6) is 0 Å². The fourth-order valence-corrected chi connectivity index (χ4v) is 2.92. The van der Waals surface area contributed by atoms with Crippen molar-refractivity contribution in [3.8, 4) is 10.8 Å². The first-order valence-electron chi connectivity index (χ1n) is 5.61. The molecular formula is C12H13ClIN3S. The summed E-state index contributed by atoms with van der Waals surface area (Å²) in [7, 11) is 0. The van der Waals surface area contributed by atoms with Gasteiger partial charge in [-0.15, -0.1) is 11.3 Å². The predicted octanol–water partition coefficient (Wildman–Crippen LogP) is 4.37. The molecule has 2 heterocycles. The van der Waals surface area contributed by atoms with E-state index >= 15 is 0 Å². The molecular weight excluding hydrogens is 381 g/mol.